The van der Waals surface area contributed by atoms with Crippen LogP contribution in [0.15, 0.2) is 36.5 Å². The topological polar surface area (TPSA) is 48.7 Å². The van der Waals surface area contributed by atoms with E-state index in [1.165, 1.54) is 18.3 Å². The van der Waals surface area contributed by atoms with Crippen molar-refractivity contribution in [3.8, 4) is 6.07 Å². The van der Waals surface area contributed by atoms with Crippen molar-refractivity contribution in [2.45, 2.75) is 6.42 Å². The van der Waals surface area contributed by atoms with Gasteiger partial charge in [-0.05, 0) is 36.2 Å². The molecule has 0 aliphatic heterocycles. The van der Waals surface area contributed by atoms with E-state index in [9.17, 15) is 8.78 Å². The van der Waals surface area contributed by atoms with Crippen LogP contribution in [0, 0.1) is 23.0 Å². The first-order valence-electron chi connectivity index (χ1n) is 5.72. The number of hydrogen-bond acceptors (Lipinski definition) is 3. The van der Waals surface area contributed by atoms with Crippen molar-refractivity contribution < 1.29 is 8.78 Å². The average Bonchev–Trinajstić information content (AvgIpc) is 2.38. The standard InChI is InChI=1S/C14H11F2N3/c15-12-5-10(6-13(16)8-12)1-3-18-14-7-11(9-17)2-4-19-14/h2,4-8H,1,3H2,(H,18,19). The minimum absolute atomic E-state index is 0.465. The Labute approximate surface area is 109 Å². The lowest BCUT2D eigenvalue weighted by Crippen LogP contribution is -2.06. The van der Waals surface area contributed by atoms with Crippen molar-refractivity contribution in [1.29, 1.82) is 5.26 Å². The van der Waals surface area contributed by atoms with Gasteiger partial charge in [0.25, 0.3) is 0 Å². The highest BCUT2D eigenvalue weighted by atomic mass is 19.1. The minimum atomic E-state index is -0.584. The third-order valence-corrected chi connectivity index (χ3v) is 2.53. The van der Waals surface area contributed by atoms with Crippen molar-refractivity contribution in [3.63, 3.8) is 0 Å². The highest BCUT2D eigenvalue weighted by Gasteiger charge is 2.01. The van der Waals surface area contributed by atoms with E-state index in [2.05, 4.69) is 10.3 Å². The summed E-state index contributed by atoms with van der Waals surface area (Å²) in [6.07, 6.45) is 2.00. The van der Waals surface area contributed by atoms with E-state index in [-0.39, 0.29) is 0 Å². The first-order chi connectivity index (χ1) is 9.17. The van der Waals surface area contributed by atoms with Gasteiger partial charge in [-0.1, -0.05) is 0 Å². The van der Waals surface area contributed by atoms with Crippen LogP contribution in [0.3, 0.4) is 0 Å². The van der Waals surface area contributed by atoms with E-state index in [0.717, 1.165) is 6.07 Å². The van der Waals surface area contributed by atoms with E-state index < -0.39 is 11.6 Å². The molecule has 0 amide bonds. The SMILES string of the molecule is N#Cc1ccnc(NCCc2cc(F)cc(F)c2)c1. The molecule has 0 radical (unpaired) electrons. The molecule has 1 aromatic carbocycles. The number of nitriles is 1. The summed E-state index contributed by atoms with van der Waals surface area (Å²) in [6, 6.07) is 8.67. The molecule has 1 heterocycles. The van der Waals surface area contributed by atoms with Gasteiger partial charge < -0.3 is 5.32 Å². The molecule has 0 saturated heterocycles. The molecule has 0 aliphatic carbocycles. The first-order valence-corrected chi connectivity index (χ1v) is 5.72. The lowest BCUT2D eigenvalue weighted by molar-refractivity contribution is 0.580. The molecule has 19 heavy (non-hydrogen) atoms. The van der Waals surface area contributed by atoms with Crippen molar-refractivity contribution in [2.24, 2.45) is 0 Å². The molecule has 0 saturated carbocycles. The Bertz CT molecular complexity index is 600. The van der Waals surface area contributed by atoms with Crippen molar-refractivity contribution in [2.75, 3.05) is 11.9 Å². The molecule has 2 rings (SSSR count). The number of hydrogen-bond donors (Lipinski definition) is 1. The molecule has 0 fully saturated rings. The highest BCUT2D eigenvalue weighted by Crippen LogP contribution is 2.10. The van der Waals surface area contributed by atoms with E-state index in [4.69, 9.17) is 5.26 Å². The summed E-state index contributed by atoms with van der Waals surface area (Å²) in [4.78, 5) is 4.04. The Morgan fingerprint density at radius 1 is 1.16 bits per heavy atom. The van der Waals surface area contributed by atoms with Gasteiger partial charge in [0.1, 0.15) is 17.5 Å². The third-order valence-electron chi connectivity index (χ3n) is 2.53. The zero-order chi connectivity index (χ0) is 13.7. The number of anilines is 1. The Balaban J connectivity index is 1.94. The summed E-state index contributed by atoms with van der Waals surface area (Å²) in [5.41, 5.74) is 1.08. The number of nitrogens with one attached hydrogen (secondary N) is 1. The molecule has 0 aliphatic rings. The van der Waals surface area contributed by atoms with E-state index in [1.807, 2.05) is 6.07 Å². The lowest BCUT2D eigenvalue weighted by Gasteiger charge is -2.06. The van der Waals surface area contributed by atoms with E-state index in [0.29, 0.717) is 29.9 Å². The summed E-state index contributed by atoms with van der Waals surface area (Å²) in [6.45, 7) is 0.477. The molecule has 96 valence electrons. The molecule has 0 spiro atoms. The largest absolute Gasteiger partial charge is 0.370 e. The second kappa shape index (κ2) is 5.91. The first kappa shape index (κ1) is 13.0. The van der Waals surface area contributed by atoms with Crippen molar-refractivity contribution in [1.82, 2.24) is 4.98 Å². The van der Waals surface area contributed by atoms with Gasteiger partial charge in [-0.15, -0.1) is 0 Å². The molecule has 2 aromatic rings. The fourth-order valence-corrected chi connectivity index (χ4v) is 1.69. The number of pyridine rings is 1. The predicted molar refractivity (Wildman–Crippen MR) is 67.5 cm³/mol. The summed E-state index contributed by atoms with van der Waals surface area (Å²) in [5, 5.41) is 11.7. The summed E-state index contributed by atoms with van der Waals surface area (Å²) in [5.74, 6) is -0.602. The normalized spacial score (nSPS) is 9.95. The van der Waals surface area contributed by atoms with Crippen LogP contribution >= 0.6 is 0 Å². The quantitative estimate of drug-likeness (QED) is 0.918. The van der Waals surface area contributed by atoms with Crippen LogP contribution < -0.4 is 5.32 Å². The van der Waals surface area contributed by atoms with Gasteiger partial charge in [0, 0.05) is 18.8 Å². The van der Waals surface area contributed by atoms with Crippen LogP contribution in [-0.4, -0.2) is 11.5 Å². The number of halogens is 2. The van der Waals surface area contributed by atoms with Crippen LogP contribution in [0.1, 0.15) is 11.1 Å². The maximum atomic E-state index is 13.0. The van der Waals surface area contributed by atoms with Gasteiger partial charge >= 0.3 is 0 Å². The summed E-state index contributed by atoms with van der Waals surface area (Å²) < 4.78 is 25.9. The van der Waals surface area contributed by atoms with Crippen LogP contribution in [0.4, 0.5) is 14.6 Å². The summed E-state index contributed by atoms with van der Waals surface area (Å²) >= 11 is 0. The number of nitrogens with zero attached hydrogens (tertiary/aromatic N) is 2. The van der Waals surface area contributed by atoms with E-state index in [1.54, 1.807) is 12.1 Å². The van der Waals surface area contributed by atoms with Crippen molar-refractivity contribution in [3.05, 3.63) is 59.3 Å². The van der Waals surface area contributed by atoms with Crippen LogP contribution in [0.2, 0.25) is 0 Å². The van der Waals surface area contributed by atoms with Crippen molar-refractivity contribution >= 4 is 5.82 Å². The Morgan fingerprint density at radius 2 is 1.89 bits per heavy atom. The van der Waals surface area contributed by atoms with Gasteiger partial charge in [0.15, 0.2) is 0 Å². The molecule has 3 nitrogen and oxygen atoms in total. The zero-order valence-corrected chi connectivity index (χ0v) is 10.0. The smallest absolute Gasteiger partial charge is 0.127 e. The maximum Gasteiger partial charge on any atom is 0.127 e. The van der Waals surface area contributed by atoms with Gasteiger partial charge in [-0.3, -0.25) is 0 Å². The number of aromatic nitrogens is 1. The van der Waals surface area contributed by atoms with Crippen LogP contribution in [0.5, 0.6) is 0 Å². The van der Waals surface area contributed by atoms with Gasteiger partial charge in [0.2, 0.25) is 0 Å². The molecule has 0 atom stereocenters. The minimum Gasteiger partial charge on any atom is -0.370 e. The predicted octanol–water partition coefficient (Wildman–Crippen LogP) is 2.89. The number of rotatable bonds is 4. The fraction of sp³-hybridized carbons (Fsp3) is 0.143. The second-order valence-electron chi connectivity index (χ2n) is 4.00. The van der Waals surface area contributed by atoms with E-state index >= 15 is 0 Å². The van der Waals surface area contributed by atoms with Gasteiger partial charge in [-0.2, -0.15) is 5.26 Å². The molecular formula is C14H11F2N3. The number of benzene rings is 1. The maximum absolute atomic E-state index is 13.0. The molecule has 1 N–H and O–H groups in total. The third kappa shape index (κ3) is 3.75. The fourth-order valence-electron chi connectivity index (χ4n) is 1.69. The zero-order valence-electron chi connectivity index (χ0n) is 10.0. The Morgan fingerprint density at radius 3 is 2.58 bits per heavy atom. The molecular weight excluding hydrogens is 248 g/mol. The Kier molecular flexibility index (Phi) is 4.04. The Hall–Kier alpha value is -2.48. The lowest BCUT2D eigenvalue weighted by atomic mass is 10.1. The molecule has 5 heteroatoms. The summed E-state index contributed by atoms with van der Waals surface area (Å²) in [7, 11) is 0. The second-order valence-corrected chi connectivity index (χ2v) is 4.00. The van der Waals surface area contributed by atoms with Gasteiger partial charge in [0.05, 0.1) is 11.6 Å². The molecule has 1 aromatic heterocycles. The monoisotopic (exact) mass is 259 g/mol. The molecule has 0 bridgehead atoms. The van der Waals surface area contributed by atoms with Gasteiger partial charge in [-0.25, -0.2) is 13.8 Å². The highest BCUT2D eigenvalue weighted by molar-refractivity contribution is 5.42. The molecule has 0 unspecified atom stereocenters. The average molecular weight is 259 g/mol. The van der Waals surface area contributed by atoms with Crippen LogP contribution in [0.25, 0.3) is 0 Å². The van der Waals surface area contributed by atoms with Crippen LogP contribution in [-0.2, 0) is 6.42 Å².